The summed E-state index contributed by atoms with van der Waals surface area (Å²) in [6.45, 7) is 3.85. The molecule has 1 aliphatic rings. The van der Waals surface area contributed by atoms with Gasteiger partial charge in [0.2, 0.25) is 0 Å². The Balaban J connectivity index is 0.00000225. The molecule has 0 aliphatic carbocycles. The summed E-state index contributed by atoms with van der Waals surface area (Å²) in [7, 11) is -1.40. The van der Waals surface area contributed by atoms with Crippen molar-refractivity contribution in [1.82, 2.24) is 14.3 Å². The first-order valence-electron chi connectivity index (χ1n) is 5.53. The fraction of sp³-hybridized carbons (Fsp3) is 1.00. The number of likely N-dealkylation sites (N-methyl/N-ethyl adjacent to an activating group) is 1. The van der Waals surface area contributed by atoms with E-state index in [1.54, 1.807) is 4.31 Å². The Bertz CT molecular complexity index is 284. The van der Waals surface area contributed by atoms with Gasteiger partial charge in [-0.25, -0.2) is 4.72 Å². The standard InChI is InChI=1S/C9H21N3O2S.ClH/c1-3-6-11-15(13,14)12-7-4-5-9(12)8-10-2;/h9-11H,3-8H2,1-2H3;1H. The molecule has 0 bridgehead atoms. The van der Waals surface area contributed by atoms with E-state index in [2.05, 4.69) is 10.0 Å². The Morgan fingerprint density at radius 3 is 2.69 bits per heavy atom. The largest absolute Gasteiger partial charge is 0.318 e. The van der Waals surface area contributed by atoms with Gasteiger partial charge >= 0.3 is 0 Å². The monoisotopic (exact) mass is 271 g/mol. The van der Waals surface area contributed by atoms with Crippen LogP contribution >= 0.6 is 12.4 Å². The Morgan fingerprint density at radius 2 is 2.12 bits per heavy atom. The van der Waals surface area contributed by atoms with Gasteiger partial charge in [0.05, 0.1) is 0 Å². The van der Waals surface area contributed by atoms with E-state index in [1.807, 2.05) is 14.0 Å². The van der Waals surface area contributed by atoms with Gasteiger partial charge in [-0.3, -0.25) is 0 Å². The highest BCUT2D eigenvalue weighted by Crippen LogP contribution is 2.19. The topological polar surface area (TPSA) is 61.4 Å². The van der Waals surface area contributed by atoms with Crippen LogP contribution in [0.2, 0.25) is 0 Å². The fourth-order valence-corrected chi connectivity index (χ4v) is 3.45. The first-order valence-corrected chi connectivity index (χ1v) is 6.97. The summed E-state index contributed by atoms with van der Waals surface area (Å²) in [5, 5.41) is 3.03. The molecular formula is C9H22ClN3O2S. The number of halogens is 1. The summed E-state index contributed by atoms with van der Waals surface area (Å²) in [5.74, 6) is 0. The van der Waals surface area contributed by atoms with Crippen LogP contribution in [0.5, 0.6) is 0 Å². The van der Waals surface area contributed by atoms with Crippen molar-refractivity contribution in [3.05, 3.63) is 0 Å². The van der Waals surface area contributed by atoms with Gasteiger partial charge in [0.15, 0.2) is 0 Å². The van der Waals surface area contributed by atoms with Crippen molar-refractivity contribution in [3.8, 4) is 0 Å². The molecule has 1 unspecified atom stereocenters. The zero-order valence-electron chi connectivity index (χ0n) is 9.90. The van der Waals surface area contributed by atoms with E-state index >= 15 is 0 Å². The van der Waals surface area contributed by atoms with Crippen LogP contribution in [-0.2, 0) is 10.2 Å². The molecule has 0 aromatic carbocycles. The van der Waals surface area contributed by atoms with Crippen LogP contribution in [0.4, 0.5) is 0 Å². The number of nitrogens with zero attached hydrogens (tertiary/aromatic N) is 1. The Kier molecular flexibility index (Phi) is 7.50. The van der Waals surface area contributed by atoms with Crippen LogP contribution in [0, 0.1) is 0 Å². The normalized spacial score (nSPS) is 22.0. The summed E-state index contributed by atoms with van der Waals surface area (Å²) in [6, 6.07) is 0.115. The quantitative estimate of drug-likeness (QED) is 0.732. The first kappa shape index (κ1) is 16.1. The molecule has 0 saturated carbocycles. The van der Waals surface area contributed by atoms with Crippen LogP contribution in [-0.4, -0.2) is 45.4 Å². The molecule has 0 amide bonds. The summed E-state index contributed by atoms with van der Waals surface area (Å²) < 4.78 is 27.9. The number of nitrogens with one attached hydrogen (secondary N) is 2. The van der Waals surface area contributed by atoms with Crippen LogP contribution < -0.4 is 10.0 Å². The Morgan fingerprint density at radius 1 is 1.44 bits per heavy atom. The molecule has 0 spiro atoms. The van der Waals surface area contributed by atoms with Crippen molar-refractivity contribution in [2.45, 2.75) is 32.2 Å². The van der Waals surface area contributed by atoms with Gasteiger partial charge in [-0.15, -0.1) is 12.4 Å². The van der Waals surface area contributed by atoms with Gasteiger partial charge < -0.3 is 5.32 Å². The first-order chi connectivity index (χ1) is 7.11. The van der Waals surface area contributed by atoms with Crippen molar-refractivity contribution >= 4 is 22.6 Å². The predicted molar refractivity (Wildman–Crippen MR) is 68.1 cm³/mol. The second-order valence-electron chi connectivity index (χ2n) is 3.86. The van der Waals surface area contributed by atoms with E-state index in [0.717, 1.165) is 25.8 Å². The smallest absolute Gasteiger partial charge is 0.279 e. The highest BCUT2D eigenvalue weighted by molar-refractivity contribution is 7.87. The Labute approximate surface area is 105 Å². The number of hydrogen-bond acceptors (Lipinski definition) is 3. The van der Waals surface area contributed by atoms with Gasteiger partial charge in [-0.1, -0.05) is 6.92 Å². The van der Waals surface area contributed by atoms with Crippen molar-refractivity contribution in [2.24, 2.45) is 0 Å². The predicted octanol–water partition coefficient (Wildman–Crippen LogP) is 0.336. The number of hydrogen-bond donors (Lipinski definition) is 2. The molecule has 5 nitrogen and oxygen atoms in total. The van der Waals surface area contributed by atoms with E-state index < -0.39 is 10.2 Å². The molecule has 7 heteroatoms. The molecule has 1 saturated heterocycles. The van der Waals surface area contributed by atoms with Crippen LogP contribution in [0.25, 0.3) is 0 Å². The lowest BCUT2D eigenvalue weighted by Crippen LogP contribution is -2.46. The maximum atomic E-state index is 11.9. The number of rotatable bonds is 6. The van der Waals surface area contributed by atoms with E-state index in [9.17, 15) is 8.42 Å². The van der Waals surface area contributed by atoms with Gasteiger partial charge in [0, 0.05) is 25.7 Å². The Hall–Kier alpha value is 0.120. The van der Waals surface area contributed by atoms with E-state index in [4.69, 9.17) is 0 Å². The average molecular weight is 272 g/mol. The highest BCUT2D eigenvalue weighted by atomic mass is 35.5. The molecule has 16 heavy (non-hydrogen) atoms. The SMILES string of the molecule is CCCNS(=O)(=O)N1CCCC1CNC.Cl. The fourth-order valence-electron chi connectivity index (χ4n) is 1.88. The van der Waals surface area contributed by atoms with Crippen molar-refractivity contribution < 1.29 is 8.42 Å². The molecular weight excluding hydrogens is 250 g/mol. The average Bonchev–Trinajstić information content (AvgIpc) is 2.64. The molecule has 0 aromatic rings. The molecule has 0 aromatic heterocycles. The molecule has 1 atom stereocenters. The summed E-state index contributed by atoms with van der Waals surface area (Å²) >= 11 is 0. The minimum Gasteiger partial charge on any atom is -0.318 e. The lowest BCUT2D eigenvalue weighted by atomic mass is 10.2. The van der Waals surface area contributed by atoms with Crippen LogP contribution in [0.15, 0.2) is 0 Å². The van der Waals surface area contributed by atoms with E-state index in [-0.39, 0.29) is 18.4 Å². The van der Waals surface area contributed by atoms with Gasteiger partial charge in [-0.05, 0) is 26.3 Å². The summed E-state index contributed by atoms with van der Waals surface area (Å²) in [4.78, 5) is 0. The minimum atomic E-state index is -3.25. The molecule has 1 heterocycles. The third-order valence-corrected chi connectivity index (χ3v) is 4.27. The maximum Gasteiger partial charge on any atom is 0.279 e. The van der Waals surface area contributed by atoms with E-state index in [1.165, 1.54) is 0 Å². The minimum absolute atomic E-state index is 0. The third kappa shape index (κ3) is 4.18. The summed E-state index contributed by atoms with van der Waals surface area (Å²) in [6.07, 6.45) is 2.73. The zero-order valence-corrected chi connectivity index (χ0v) is 11.5. The zero-order chi connectivity index (χ0) is 11.3. The molecule has 1 fully saturated rings. The van der Waals surface area contributed by atoms with Crippen LogP contribution in [0.3, 0.4) is 0 Å². The lowest BCUT2D eigenvalue weighted by Gasteiger charge is -2.23. The third-order valence-electron chi connectivity index (χ3n) is 2.61. The van der Waals surface area contributed by atoms with Gasteiger partial charge in [0.25, 0.3) is 10.2 Å². The van der Waals surface area contributed by atoms with Gasteiger partial charge in [-0.2, -0.15) is 12.7 Å². The maximum absolute atomic E-state index is 11.9. The molecule has 1 rings (SSSR count). The van der Waals surface area contributed by atoms with Crippen molar-refractivity contribution in [3.63, 3.8) is 0 Å². The highest BCUT2D eigenvalue weighted by Gasteiger charge is 2.32. The van der Waals surface area contributed by atoms with Crippen LogP contribution in [0.1, 0.15) is 26.2 Å². The molecule has 2 N–H and O–H groups in total. The molecule has 1 aliphatic heterocycles. The molecule has 0 radical (unpaired) electrons. The second kappa shape index (κ2) is 7.45. The molecule has 98 valence electrons. The van der Waals surface area contributed by atoms with Gasteiger partial charge in [0.1, 0.15) is 0 Å². The van der Waals surface area contributed by atoms with Crippen molar-refractivity contribution in [2.75, 3.05) is 26.7 Å². The summed E-state index contributed by atoms with van der Waals surface area (Å²) in [5.41, 5.74) is 0. The van der Waals surface area contributed by atoms with Crippen molar-refractivity contribution in [1.29, 1.82) is 0 Å². The second-order valence-corrected chi connectivity index (χ2v) is 5.57. The van der Waals surface area contributed by atoms with E-state index in [0.29, 0.717) is 13.1 Å². The lowest BCUT2D eigenvalue weighted by molar-refractivity contribution is 0.373.